The summed E-state index contributed by atoms with van der Waals surface area (Å²) in [6.07, 6.45) is 1.49. The Hall–Kier alpha value is -1.16. The van der Waals surface area contributed by atoms with Crippen LogP contribution < -0.4 is 4.31 Å². The summed E-state index contributed by atoms with van der Waals surface area (Å²) in [5.74, 6) is 0.146. The van der Waals surface area contributed by atoms with Gasteiger partial charge in [0.1, 0.15) is 0 Å². The van der Waals surface area contributed by atoms with Gasteiger partial charge in [-0.2, -0.15) is 4.31 Å². The summed E-state index contributed by atoms with van der Waals surface area (Å²) >= 11 is 0. The van der Waals surface area contributed by atoms with E-state index in [1.165, 1.54) is 8.61 Å². The molecule has 1 aromatic carbocycles. The minimum absolute atomic E-state index is 0.146. The van der Waals surface area contributed by atoms with Gasteiger partial charge in [-0.3, -0.25) is 4.31 Å². The van der Waals surface area contributed by atoms with Crippen LogP contribution in [0, 0.1) is 6.92 Å². The van der Waals surface area contributed by atoms with E-state index in [2.05, 4.69) is 4.90 Å². The fourth-order valence-electron chi connectivity index (χ4n) is 3.32. The number of anilines is 1. The van der Waals surface area contributed by atoms with E-state index in [9.17, 15) is 16.8 Å². The molecule has 0 bridgehead atoms. The van der Waals surface area contributed by atoms with Crippen molar-refractivity contribution in [3.05, 3.63) is 23.8 Å². The molecule has 0 radical (unpaired) electrons. The molecule has 3 rings (SSSR count). The van der Waals surface area contributed by atoms with E-state index in [1.54, 1.807) is 25.1 Å². The molecule has 0 N–H and O–H groups in total. The number of sulfonamides is 2. The summed E-state index contributed by atoms with van der Waals surface area (Å²) in [6.45, 7) is 4.54. The molecule has 0 saturated carbocycles. The third kappa shape index (κ3) is 3.69. The fourth-order valence-corrected chi connectivity index (χ4v) is 6.58. The van der Waals surface area contributed by atoms with Crippen molar-refractivity contribution in [2.45, 2.75) is 24.7 Å². The van der Waals surface area contributed by atoms with Crippen molar-refractivity contribution >= 4 is 25.7 Å². The van der Waals surface area contributed by atoms with Gasteiger partial charge in [0.2, 0.25) is 20.0 Å². The van der Waals surface area contributed by atoms with Gasteiger partial charge in [-0.05, 0) is 50.6 Å². The number of nitrogens with zero attached hydrogens (tertiary/aromatic N) is 3. The molecule has 2 aliphatic rings. The van der Waals surface area contributed by atoms with E-state index in [-0.39, 0.29) is 10.6 Å². The van der Waals surface area contributed by atoms with Crippen molar-refractivity contribution < 1.29 is 16.8 Å². The average Bonchev–Trinajstić information content (AvgIpc) is 2.54. The number of piperazine rings is 1. The SMILES string of the molecule is Cc1cc(N2CCCCS2(=O)=O)ccc1S(=O)(=O)N1CCN(C)CC1. The van der Waals surface area contributed by atoms with E-state index in [1.807, 2.05) is 7.05 Å². The maximum Gasteiger partial charge on any atom is 0.243 e. The molecule has 2 heterocycles. The Morgan fingerprint density at radius 1 is 1.00 bits per heavy atom. The van der Waals surface area contributed by atoms with Crippen LogP contribution in [0.5, 0.6) is 0 Å². The lowest BCUT2D eigenvalue weighted by Crippen LogP contribution is -2.47. The number of hydrogen-bond donors (Lipinski definition) is 0. The van der Waals surface area contributed by atoms with Crippen LogP contribution in [0.1, 0.15) is 18.4 Å². The number of benzene rings is 1. The third-order valence-corrected chi connectivity index (χ3v) is 8.80. The van der Waals surface area contributed by atoms with Crippen molar-refractivity contribution in [1.82, 2.24) is 9.21 Å². The van der Waals surface area contributed by atoms with Crippen LogP contribution in [-0.2, 0) is 20.0 Å². The van der Waals surface area contributed by atoms with E-state index in [0.29, 0.717) is 50.4 Å². The van der Waals surface area contributed by atoms with E-state index in [4.69, 9.17) is 0 Å². The van der Waals surface area contributed by atoms with Crippen molar-refractivity contribution in [1.29, 1.82) is 0 Å². The number of likely N-dealkylation sites (N-methyl/N-ethyl adjacent to an activating group) is 1. The molecular formula is C16H25N3O4S2. The zero-order chi connectivity index (χ0) is 18.2. The second-order valence-electron chi connectivity index (χ2n) is 6.75. The molecule has 1 aromatic rings. The van der Waals surface area contributed by atoms with Crippen LogP contribution in [0.25, 0.3) is 0 Å². The van der Waals surface area contributed by atoms with Crippen molar-refractivity contribution in [2.75, 3.05) is 49.8 Å². The van der Waals surface area contributed by atoms with E-state index in [0.717, 1.165) is 6.42 Å². The van der Waals surface area contributed by atoms with Crippen molar-refractivity contribution in [3.63, 3.8) is 0 Å². The fraction of sp³-hybridized carbons (Fsp3) is 0.625. The minimum Gasteiger partial charge on any atom is -0.304 e. The number of aryl methyl sites for hydroxylation is 1. The Bertz CT molecular complexity index is 844. The van der Waals surface area contributed by atoms with Gasteiger partial charge in [0.15, 0.2) is 0 Å². The molecule has 7 nitrogen and oxygen atoms in total. The van der Waals surface area contributed by atoms with Gasteiger partial charge >= 0.3 is 0 Å². The monoisotopic (exact) mass is 387 g/mol. The molecule has 9 heteroatoms. The van der Waals surface area contributed by atoms with Gasteiger partial charge in [0.05, 0.1) is 16.3 Å². The van der Waals surface area contributed by atoms with E-state index < -0.39 is 20.0 Å². The Morgan fingerprint density at radius 2 is 1.68 bits per heavy atom. The first-order valence-electron chi connectivity index (χ1n) is 8.51. The average molecular weight is 388 g/mol. The molecule has 140 valence electrons. The van der Waals surface area contributed by atoms with Gasteiger partial charge in [0.25, 0.3) is 0 Å². The highest BCUT2D eigenvalue weighted by molar-refractivity contribution is 7.92. The highest BCUT2D eigenvalue weighted by Gasteiger charge is 2.30. The normalized spacial score (nSPS) is 22.9. The van der Waals surface area contributed by atoms with Crippen LogP contribution in [0.2, 0.25) is 0 Å². The summed E-state index contributed by atoms with van der Waals surface area (Å²) in [7, 11) is -4.88. The number of hydrogen-bond acceptors (Lipinski definition) is 5. The van der Waals surface area contributed by atoms with Crippen LogP contribution in [0.15, 0.2) is 23.1 Å². The lowest BCUT2D eigenvalue weighted by Gasteiger charge is -2.32. The van der Waals surface area contributed by atoms with E-state index >= 15 is 0 Å². The predicted octanol–water partition coefficient (Wildman–Crippen LogP) is 0.861. The predicted molar refractivity (Wildman–Crippen MR) is 97.8 cm³/mol. The Balaban J connectivity index is 1.89. The maximum absolute atomic E-state index is 12.9. The van der Waals surface area contributed by atoms with Crippen LogP contribution in [0.3, 0.4) is 0 Å². The molecule has 0 aliphatic carbocycles. The molecule has 0 unspecified atom stereocenters. The smallest absolute Gasteiger partial charge is 0.243 e. The van der Waals surface area contributed by atoms with Crippen LogP contribution in [-0.4, -0.2) is 71.6 Å². The topological polar surface area (TPSA) is 78.0 Å². The number of rotatable bonds is 3. The molecular weight excluding hydrogens is 362 g/mol. The summed E-state index contributed by atoms with van der Waals surface area (Å²) in [5.41, 5.74) is 1.13. The second kappa shape index (κ2) is 6.86. The molecule has 0 aromatic heterocycles. The first-order valence-corrected chi connectivity index (χ1v) is 11.6. The zero-order valence-corrected chi connectivity index (χ0v) is 16.3. The highest BCUT2D eigenvalue weighted by Crippen LogP contribution is 2.29. The third-order valence-electron chi connectivity index (χ3n) is 4.88. The summed E-state index contributed by atoms with van der Waals surface area (Å²) < 4.78 is 53.2. The summed E-state index contributed by atoms with van der Waals surface area (Å²) in [5, 5.41) is 0. The molecule has 2 fully saturated rings. The van der Waals surface area contributed by atoms with Gasteiger partial charge in [-0.25, -0.2) is 16.8 Å². The lowest BCUT2D eigenvalue weighted by molar-refractivity contribution is 0.222. The standard InChI is InChI=1S/C16H25N3O4S2/c1-14-13-15(19-7-3-4-12-24(19,20)21)5-6-16(14)25(22,23)18-10-8-17(2)9-11-18/h5-6,13H,3-4,7-12H2,1-2H3. The minimum atomic E-state index is -3.55. The van der Waals surface area contributed by atoms with Crippen molar-refractivity contribution in [3.8, 4) is 0 Å². The largest absolute Gasteiger partial charge is 0.304 e. The lowest BCUT2D eigenvalue weighted by atomic mass is 10.2. The highest BCUT2D eigenvalue weighted by atomic mass is 32.2. The van der Waals surface area contributed by atoms with Gasteiger partial charge in [-0.1, -0.05) is 0 Å². The summed E-state index contributed by atoms with van der Waals surface area (Å²) in [4.78, 5) is 2.36. The molecule has 0 spiro atoms. The summed E-state index contributed by atoms with van der Waals surface area (Å²) in [6, 6.07) is 4.83. The van der Waals surface area contributed by atoms with Crippen molar-refractivity contribution in [2.24, 2.45) is 0 Å². The Labute approximate surface area is 150 Å². The molecule has 0 amide bonds. The second-order valence-corrected chi connectivity index (χ2v) is 10.7. The maximum atomic E-state index is 12.9. The molecule has 0 atom stereocenters. The van der Waals surface area contributed by atoms with Crippen LogP contribution in [0.4, 0.5) is 5.69 Å². The quantitative estimate of drug-likeness (QED) is 0.769. The zero-order valence-electron chi connectivity index (χ0n) is 14.7. The van der Waals surface area contributed by atoms with Gasteiger partial charge < -0.3 is 4.90 Å². The first-order chi connectivity index (χ1) is 11.7. The molecule has 2 aliphatic heterocycles. The first kappa shape index (κ1) is 18.6. The molecule has 25 heavy (non-hydrogen) atoms. The van der Waals surface area contributed by atoms with Gasteiger partial charge in [-0.15, -0.1) is 0 Å². The van der Waals surface area contributed by atoms with Gasteiger partial charge in [0, 0.05) is 32.7 Å². The Morgan fingerprint density at radius 3 is 2.28 bits per heavy atom. The molecule has 2 saturated heterocycles. The Kier molecular flexibility index (Phi) is 5.11. The van der Waals surface area contributed by atoms with Crippen LogP contribution >= 0.6 is 0 Å².